The Kier molecular flexibility index (Phi) is 3.63. The molecule has 0 spiro atoms. The van der Waals surface area contributed by atoms with E-state index >= 15 is 0 Å². The van der Waals surface area contributed by atoms with E-state index in [0.717, 1.165) is 0 Å². The van der Waals surface area contributed by atoms with Crippen molar-refractivity contribution >= 4 is 27.1 Å². The average Bonchev–Trinajstić information content (AvgIpc) is 2.46. The Bertz CT molecular complexity index is 792. The third-order valence-electron chi connectivity index (χ3n) is 3.56. The fourth-order valence-electron chi connectivity index (χ4n) is 2.54. The Balaban J connectivity index is 1.99. The molecule has 2 aromatic carbocycles. The molecule has 0 amide bonds. The Morgan fingerprint density at radius 3 is 2.76 bits per heavy atom. The molecule has 0 aromatic heterocycles. The number of halogens is 2. The lowest BCUT2D eigenvalue weighted by Crippen LogP contribution is -2.24. The lowest BCUT2D eigenvalue weighted by Gasteiger charge is -2.27. The standard InChI is InChI=1S/C15H13ClFNO2S/c16-12-6-5-10(17)9-14(12)18-13-7-8-21(19,20)15-4-2-1-3-11(13)15/h1-6,9,13,18H,7-8H2. The highest BCUT2D eigenvalue weighted by atomic mass is 35.5. The summed E-state index contributed by atoms with van der Waals surface area (Å²) in [5.41, 5.74) is 1.17. The monoisotopic (exact) mass is 325 g/mol. The smallest absolute Gasteiger partial charge is 0.178 e. The molecular formula is C15H13ClFNO2S. The van der Waals surface area contributed by atoms with Gasteiger partial charge >= 0.3 is 0 Å². The number of nitrogens with one attached hydrogen (secondary N) is 1. The minimum absolute atomic E-state index is 0.0641. The highest BCUT2D eigenvalue weighted by Gasteiger charge is 2.30. The van der Waals surface area contributed by atoms with Gasteiger partial charge < -0.3 is 5.32 Å². The zero-order valence-corrected chi connectivity index (χ0v) is 12.6. The van der Waals surface area contributed by atoms with Gasteiger partial charge in [0.05, 0.1) is 27.4 Å². The van der Waals surface area contributed by atoms with Crippen LogP contribution in [-0.4, -0.2) is 14.2 Å². The van der Waals surface area contributed by atoms with Gasteiger partial charge in [0.1, 0.15) is 5.82 Å². The highest BCUT2D eigenvalue weighted by molar-refractivity contribution is 7.91. The molecule has 2 aromatic rings. The average molecular weight is 326 g/mol. The van der Waals surface area contributed by atoms with E-state index in [1.54, 1.807) is 24.3 Å². The lowest BCUT2D eigenvalue weighted by atomic mass is 10.0. The summed E-state index contributed by atoms with van der Waals surface area (Å²) < 4.78 is 37.5. The van der Waals surface area contributed by atoms with Crippen molar-refractivity contribution < 1.29 is 12.8 Å². The largest absolute Gasteiger partial charge is 0.377 e. The summed E-state index contributed by atoms with van der Waals surface area (Å²) in [5.74, 6) is -0.326. The Hall–Kier alpha value is -1.59. The number of benzene rings is 2. The number of anilines is 1. The second-order valence-corrected chi connectivity index (χ2v) is 7.45. The van der Waals surface area contributed by atoms with Crippen molar-refractivity contribution in [1.82, 2.24) is 0 Å². The van der Waals surface area contributed by atoms with E-state index in [1.165, 1.54) is 18.2 Å². The minimum atomic E-state index is -3.23. The summed E-state index contributed by atoms with van der Waals surface area (Å²) in [6.45, 7) is 0. The molecule has 0 aliphatic carbocycles. The molecular weight excluding hydrogens is 313 g/mol. The van der Waals surface area contributed by atoms with E-state index in [9.17, 15) is 12.8 Å². The van der Waals surface area contributed by atoms with Crippen LogP contribution in [0.3, 0.4) is 0 Å². The topological polar surface area (TPSA) is 46.2 Å². The van der Waals surface area contributed by atoms with E-state index < -0.39 is 15.7 Å². The summed E-state index contributed by atoms with van der Waals surface area (Å²) in [4.78, 5) is 0.335. The summed E-state index contributed by atoms with van der Waals surface area (Å²) in [6.07, 6.45) is 0.423. The predicted octanol–water partition coefficient (Wildman–Crippen LogP) is 3.81. The van der Waals surface area contributed by atoms with Crippen LogP contribution in [0.1, 0.15) is 18.0 Å². The van der Waals surface area contributed by atoms with Gasteiger partial charge in [-0.25, -0.2) is 12.8 Å². The van der Waals surface area contributed by atoms with Crippen molar-refractivity contribution in [2.75, 3.05) is 11.1 Å². The Labute approximate surface area is 127 Å². The molecule has 0 fully saturated rings. The van der Waals surface area contributed by atoms with Crippen LogP contribution in [0.2, 0.25) is 5.02 Å². The molecule has 0 bridgehead atoms. The second-order valence-electron chi connectivity index (χ2n) is 4.97. The number of hydrogen-bond acceptors (Lipinski definition) is 3. The van der Waals surface area contributed by atoms with Gasteiger partial charge in [-0.2, -0.15) is 0 Å². The van der Waals surface area contributed by atoms with Crippen LogP contribution in [0.25, 0.3) is 0 Å². The summed E-state index contributed by atoms with van der Waals surface area (Å²) >= 11 is 6.05. The molecule has 6 heteroatoms. The van der Waals surface area contributed by atoms with Crippen molar-refractivity contribution in [3.05, 3.63) is 58.9 Å². The van der Waals surface area contributed by atoms with E-state index in [4.69, 9.17) is 11.6 Å². The quantitative estimate of drug-likeness (QED) is 0.913. The van der Waals surface area contributed by atoms with Crippen molar-refractivity contribution in [1.29, 1.82) is 0 Å². The van der Waals surface area contributed by atoms with Crippen LogP contribution < -0.4 is 5.32 Å². The molecule has 1 aliphatic heterocycles. The molecule has 1 N–H and O–H groups in total. The SMILES string of the molecule is O=S1(=O)CCC(Nc2cc(F)ccc2Cl)c2ccccc21. The van der Waals surface area contributed by atoms with Crippen molar-refractivity contribution in [2.24, 2.45) is 0 Å². The molecule has 110 valence electrons. The maximum Gasteiger partial charge on any atom is 0.178 e. The fourth-order valence-corrected chi connectivity index (χ4v) is 4.33. The van der Waals surface area contributed by atoms with Crippen LogP contribution in [0.5, 0.6) is 0 Å². The highest BCUT2D eigenvalue weighted by Crippen LogP contribution is 2.35. The Morgan fingerprint density at radius 1 is 1.19 bits per heavy atom. The van der Waals surface area contributed by atoms with Gasteiger partial charge in [-0.3, -0.25) is 0 Å². The van der Waals surface area contributed by atoms with Crippen LogP contribution in [-0.2, 0) is 9.84 Å². The van der Waals surface area contributed by atoms with Crippen LogP contribution in [0, 0.1) is 5.82 Å². The molecule has 0 saturated heterocycles. The van der Waals surface area contributed by atoms with Crippen molar-refractivity contribution in [3.8, 4) is 0 Å². The zero-order chi connectivity index (χ0) is 15.0. The van der Waals surface area contributed by atoms with Crippen molar-refractivity contribution in [3.63, 3.8) is 0 Å². The molecule has 3 rings (SSSR count). The number of sulfone groups is 1. The van der Waals surface area contributed by atoms with Gasteiger partial charge in [0, 0.05) is 0 Å². The molecule has 0 radical (unpaired) electrons. The summed E-state index contributed by atoms with van der Waals surface area (Å²) in [5, 5.41) is 3.55. The molecule has 1 unspecified atom stereocenters. The lowest BCUT2D eigenvalue weighted by molar-refractivity contribution is 0.575. The Morgan fingerprint density at radius 2 is 1.95 bits per heavy atom. The van der Waals surface area contributed by atoms with E-state index in [0.29, 0.717) is 27.6 Å². The third-order valence-corrected chi connectivity index (χ3v) is 5.71. The molecule has 3 nitrogen and oxygen atoms in total. The van der Waals surface area contributed by atoms with Gasteiger partial charge in [0.25, 0.3) is 0 Å². The maximum atomic E-state index is 13.3. The second kappa shape index (κ2) is 5.31. The van der Waals surface area contributed by atoms with Gasteiger partial charge in [-0.05, 0) is 36.2 Å². The normalized spacial score (nSPS) is 19.8. The predicted molar refractivity (Wildman–Crippen MR) is 80.9 cm³/mol. The van der Waals surface area contributed by atoms with E-state index in [-0.39, 0.29) is 11.8 Å². The summed E-state index contributed by atoms with van der Waals surface area (Å²) in [6, 6.07) is 10.7. The van der Waals surface area contributed by atoms with E-state index in [2.05, 4.69) is 5.32 Å². The number of hydrogen-bond donors (Lipinski definition) is 1. The molecule has 1 heterocycles. The third kappa shape index (κ3) is 2.76. The first kappa shape index (κ1) is 14.4. The molecule has 21 heavy (non-hydrogen) atoms. The van der Waals surface area contributed by atoms with E-state index in [1.807, 2.05) is 0 Å². The van der Waals surface area contributed by atoms with Gasteiger partial charge in [0.2, 0.25) is 0 Å². The first-order valence-corrected chi connectivity index (χ1v) is 8.54. The minimum Gasteiger partial charge on any atom is -0.377 e. The first-order valence-electron chi connectivity index (χ1n) is 6.51. The van der Waals surface area contributed by atoms with Crippen molar-refractivity contribution in [2.45, 2.75) is 17.4 Å². The first-order chi connectivity index (χ1) is 9.97. The molecule has 0 saturated carbocycles. The summed E-state index contributed by atoms with van der Waals surface area (Å²) in [7, 11) is -3.23. The van der Waals surface area contributed by atoms with Crippen LogP contribution >= 0.6 is 11.6 Å². The van der Waals surface area contributed by atoms with Gasteiger partial charge in [0.15, 0.2) is 9.84 Å². The zero-order valence-electron chi connectivity index (χ0n) is 11.0. The van der Waals surface area contributed by atoms with Gasteiger partial charge in [-0.1, -0.05) is 29.8 Å². The molecule has 1 aliphatic rings. The van der Waals surface area contributed by atoms with Crippen LogP contribution in [0.15, 0.2) is 47.4 Å². The number of fused-ring (bicyclic) bond motifs is 1. The molecule has 1 atom stereocenters. The number of rotatable bonds is 2. The maximum absolute atomic E-state index is 13.3. The fraction of sp³-hybridized carbons (Fsp3) is 0.200. The van der Waals surface area contributed by atoms with Gasteiger partial charge in [-0.15, -0.1) is 0 Å². The van der Waals surface area contributed by atoms with Crippen LogP contribution in [0.4, 0.5) is 10.1 Å².